The third-order valence-electron chi connectivity index (χ3n) is 4.74. The van der Waals surface area contributed by atoms with Crippen LogP contribution in [0.4, 0.5) is 5.82 Å². The normalized spacial score (nSPS) is 14.7. The van der Waals surface area contributed by atoms with E-state index in [0.717, 1.165) is 46.9 Å². The molecule has 4 rings (SSSR count). The Morgan fingerprint density at radius 1 is 1.18 bits per heavy atom. The van der Waals surface area contributed by atoms with Crippen LogP contribution in [-0.2, 0) is 6.61 Å². The van der Waals surface area contributed by atoms with Crippen LogP contribution >= 0.6 is 11.3 Å². The highest BCUT2D eigenvalue weighted by atomic mass is 32.1. The summed E-state index contributed by atoms with van der Waals surface area (Å²) in [6, 6.07) is 11.2. The van der Waals surface area contributed by atoms with Gasteiger partial charge in [-0.3, -0.25) is 0 Å². The summed E-state index contributed by atoms with van der Waals surface area (Å²) >= 11 is 1.63. The first-order chi connectivity index (χ1) is 13.7. The summed E-state index contributed by atoms with van der Waals surface area (Å²) in [6.45, 7) is 2.27. The zero-order chi connectivity index (χ0) is 19.3. The molecule has 0 aliphatic carbocycles. The smallest absolute Gasteiger partial charge is 0.406 e. The first-order valence-electron chi connectivity index (χ1n) is 9.18. The number of nitrogens with one attached hydrogen (secondary N) is 1. The summed E-state index contributed by atoms with van der Waals surface area (Å²) in [4.78, 5) is 20.4. The lowest BCUT2D eigenvalue weighted by Gasteiger charge is -2.20. The van der Waals surface area contributed by atoms with Gasteiger partial charge in [-0.1, -0.05) is 30.3 Å². The number of thiazole rings is 1. The molecule has 144 valence electrons. The Labute approximate surface area is 166 Å². The van der Waals surface area contributed by atoms with Gasteiger partial charge >= 0.3 is 5.82 Å². The second-order valence-electron chi connectivity index (χ2n) is 6.66. The van der Waals surface area contributed by atoms with E-state index in [4.69, 9.17) is 4.74 Å². The fourth-order valence-corrected chi connectivity index (χ4v) is 4.30. The minimum atomic E-state index is -0.517. The van der Waals surface area contributed by atoms with Crippen LogP contribution in [0.5, 0.6) is 5.75 Å². The van der Waals surface area contributed by atoms with E-state index in [0.29, 0.717) is 5.92 Å². The number of nitrogens with zero attached hydrogens (tertiary/aromatic N) is 3. The number of benzene rings is 1. The number of aromatic nitrogens is 2. The van der Waals surface area contributed by atoms with Crippen LogP contribution in [0.25, 0.3) is 10.4 Å². The van der Waals surface area contributed by atoms with Gasteiger partial charge in [0.25, 0.3) is 0 Å². The molecule has 1 N–H and O–H groups in total. The van der Waals surface area contributed by atoms with Crippen molar-refractivity contribution in [3.8, 4) is 16.2 Å². The quantitative estimate of drug-likeness (QED) is 0.497. The van der Waals surface area contributed by atoms with Crippen LogP contribution in [0.2, 0.25) is 0 Å². The molecular formula is C20H20N4O3S. The average molecular weight is 396 g/mol. The van der Waals surface area contributed by atoms with Crippen molar-refractivity contribution in [2.24, 2.45) is 0 Å². The minimum absolute atomic E-state index is 0.170. The van der Waals surface area contributed by atoms with E-state index in [2.05, 4.69) is 15.3 Å². The van der Waals surface area contributed by atoms with E-state index in [1.807, 2.05) is 36.5 Å². The largest absolute Gasteiger partial charge is 0.481 e. The van der Waals surface area contributed by atoms with Crippen molar-refractivity contribution in [2.45, 2.75) is 25.4 Å². The molecule has 28 heavy (non-hydrogen) atoms. The second kappa shape index (κ2) is 8.45. The molecule has 3 heterocycles. The average Bonchev–Trinajstić information content (AvgIpc) is 3.24. The monoisotopic (exact) mass is 396 g/mol. The van der Waals surface area contributed by atoms with Crippen LogP contribution < -0.4 is 10.1 Å². The summed E-state index contributed by atoms with van der Waals surface area (Å²) < 4.78 is 5.74. The van der Waals surface area contributed by atoms with Gasteiger partial charge < -0.3 is 20.2 Å². The molecule has 1 fully saturated rings. The van der Waals surface area contributed by atoms with Crippen LogP contribution in [0.1, 0.15) is 29.3 Å². The molecule has 1 aliphatic rings. The van der Waals surface area contributed by atoms with Crippen LogP contribution in [0, 0.1) is 10.1 Å². The summed E-state index contributed by atoms with van der Waals surface area (Å²) in [5.74, 6) is 0.366. The molecule has 3 aromatic rings. The number of rotatable bonds is 6. The Bertz CT molecular complexity index is 955. The van der Waals surface area contributed by atoms with E-state index in [1.165, 1.54) is 6.20 Å². The Morgan fingerprint density at radius 3 is 2.71 bits per heavy atom. The van der Waals surface area contributed by atoms with Crippen molar-refractivity contribution < 1.29 is 9.66 Å². The van der Waals surface area contributed by atoms with Crippen molar-refractivity contribution in [2.75, 3.05) is 13.1 Å². The van der Waals surface area contributed by atoms with Crippen LogP contribution in [-0.4, -0.2) is 28.0 Å². The highest BCUT2D eigenvalue weighted by Crippen LogP contribution is 2.36. The van der Waals surface area contributed by atoms with Gasteiger partial charge in [0.1, 0.15) is 12.8 Å². The fraction of sp³-hybridized carbons (Fsp3) is 0.300. The van der Waals surface area contributed by atoms with Gasteiger partial charge in [-0.2, -0.15) is 0 Å². The zero-order valence-corrected chi connectivity index (χ0v) is 16.0. The van der Waals surface area contributed by atoms with E-state index >= 15 is 0 Å². The van der Waals surface area contributed by atoms with E-state index < -0.39 is 4.92 Å². The van der Waals surface area contributed by atoms with Crippen LogP contribution in [0.15, 0.2) is 48.8 Å². The first-order valence-corrected chi connectivity index (χ1v) is 10.0. The fourth-order valence-electron chi connectivity index (χ4n) is 3.23. The molecule has 0 bridgehead atoms. The molecule has 0 amide bonds. The van der Waals surface area contributed by atoms with Crippen molar-refractivity contribution >= 4 is 17.2 Å². The Balaban J connectivity index is 1.57. The van der Waals surface area contributed by atoms with Crippen molar-refractivity contribution in [1.82, 2.24) is 15.3 Å². The molecule has 0 unspecified atom stereocenters. The van der Waals surface area contributed by atoms with Gasteiger partial charge in [-0.15, -0.1) is 11.3 Å². The second-order valence-corrected chi connectivity index (χ2v) is 7.73. The summed E-state index contributed by atoms with van der Waals surface area (Å²) in [5.41, 5.74) is 1.72. The predicted molar refractivity (Wildman–Crippen MR) is 108 cm³/mol. The predicted octanol–water partition coefficient (Wildman–Crippen LogP) is 4.16. The van der Waals surface area contributed by atoms with E-state index in [-0.39, 0.29) is 18.2 Å². The van der Waals surface area contributed by atoms with Crippen LogP contribution in [0.3, 0.4) is 0 Å². The number of nitro groups is 1. The van der Waals surface area contributed by atoms with Gasteiger partial charge in [0.2, 0.25) is 5.75 Å². The summed E-state index contributed by atoms with van der Waals surface area (Å²) in [5, 5.41) is 15.8. The maximum Gasteiger partial charge on any atom is 0.406 e. The summed E-state index contributed by atoms with van der Waals surface area (Å²) in [7, 11) is 0. The van der Waals surface area contributed by atoms with Gasteiger partial charge in [0.05, 0.1) is 9.88 Å². The minimum Gasteiger partial charge on any atom is -0.481 e. The number of pyridine rings is 1. The highest BCUT2D eigenvalue weighted by molar-refractivity contribution is 7.15. The molecule has 2 aromatic heterocycles. The van der Waals surface area contributed by atoms with Crippen molar-refractivity contribution in [3.05, 3.63) is 69.5 Å². The van der Waals surface area contributed by atoms with E-state index in [1.54, 1.807) is 17.4 Å². The summed E-state index contributed by atoms with van der Waals surface area (Å²) in [6.07, 6.45) is 5.51. The van der Waals surface area contributed by atoms with Gasteiger partial charge in [0, 0.05) is 23.7 Å². The molecule has 8 heteroatoms. The Hall–Kier alpha value is -2.84. The van der Waals surface area contributed by atoms with E-state index in [9.17, 15) is 10.1 Å². The third kappa shape index (κ3) is 4.18. The molecule has 0 saturated carbocycles. The molecule has 0 radical (unpaired) electrons. The Kier molecular flexibility index (Phi) is 5.59. The lowest BCUT2D eigenvalue weighted by atomic mass is 9.99. The maximum atomic E-state index is 11.3. The van der Waals surface area contributed by atoms with Crippen molar-refractivity contribution in [1.29, 1.82) is 0 Å². The first kappa shape index (κ1) is 18.5. The lowest BCUT2D eigenvalue weighted by Crippen LogP contribution is -2.26. The molecule has 1 aliphatic heterocycles. The number of piperidine rings is 1. The van der Waals surface area contributed by atoms with Crippen molar-refractivity contribution in [3.63, 3.8) is 0 Å². The number of ether oxygens (including phenoxy) is 1. The Morgan fingerprint density at radius 2 is 1.96 bits per heavy atom. The molecule has 7 nitrogen and oxygen atoms in total. The molecular weight excluding hydrogens is 376 g/mol. The third-order valence-corrected chi connectivity index (χ3v) is 5.95. The van der Waals surface area contributed by atoms with Gasteiger partial charge in [-0.25, -0.2) is 4.98 Å². The number of hydrogen-bond donors (Lipinski definition) is 1. The SMILES string of the molecule is O=[N+]([O-])c1ncc(-c2cnc(C3CCNCC3)s2)cc1OCc1ccccc1. The maximum absolute atomic E-state index is 11.3. The molecule has 1 saturated heterocycles. The van der Waals surface area contributed by atoms with Gasteiger partial charge in [-0.05, 0) is 41.4 Å². The topological polar surface area (TPSA) is 90.2 Å². The van der Waals surface area contributed by atoms with Gasteiger partial charge in [0.15, 0.2) is 0 Å². The highest BCUT2D eigenvalue weighted by Gasteiger charge is 2.22. The standard InChI is InChI=1S/C20H20N4O3S/c25-24(26)19-17(27-13-14-4-2-1-3-5-14)10-16(11-22-19)18-12-23-20(28-18)15-6-8-21-9-7-15/h1-5,10-12,15,21H,6-9,13H2. The number of hydrogen-bond acceptors (Lipinski definition) is 7. The molecule has 1 aromatic carbocycles. The molecule has 0 atom stereocenters. The lowest BCUT2D eigenvalue weighted by molar-refractivity contribution is -0.390. The zero-order valence-electron chi connectivity index (χ0n) is 15.2. The molecule has 0 spiro atoms.